The zero-order valence-electron chi connectivity index (χ0n) is 11.9. The van der Waals surface area contributed by atoms with Crippen molar-refractivity contribution in [2.24, 2.45) is 16.8 Å². The lowest BCUT2D eigenvalue weighted by molar-refractivity contribution is 0.163. The first-order valence-electron chi connectivity index (χ1n) is 7.05. The predicted octanol–water partition coefficient (Wildman–Crippen LogP) is 0.638. The van der Waals surface area contributed by atoms with Gasteiger partial charge in [0.1, 0.15) is 0 Å². The maximum atomic E-state index is 12.0. The summed E-state index contributed by atoms with van der Waals surface area (Å²) in [5.74, 6) is -0.110. The van der Waals surface area contributed by atoms with E-state index in [0.717, 1.165) is 32.1 Å². The third kappa shape index (κ3) is 5.64. The number of oxime groups is 1. The van der Waals surface area contributed by atoms with Crippen molar-refractivity contribution in [1.29, 1.82) is 0 Å². The van der Waals surface area contributed by atoms with E-state index < -0.39 is 16.1 Å². The average Bonchev–Trinajstić information content (AvgIpc) is 2.45. The van der Waals surface area contributed by atoms with Crippen molar-refractivity contribution < 1.29 is 18.4 Å². The summed E-state index contributed by atoms with van der Waals surface area (Å²) in [6.07, 6.45) is 5.00. The molecule has 1 rings (SSSR count). The molecular formula is C12H25N3O4S. The lowest BCUT2D eigenvalue weighted by Crippen LogP contribution is -2.50. The highest BCUT2D eigenvalue weighted by Gasteiger charge is 2.30. The van der Waals surface area contributed by atoms with Gasteiger partial charge in [0, 0.05) is 6.61 Å². The quantitative estimate of drug-likeness (QED) is 0.200. The van der Waals surface area contributed by atoms with Gasteiger partial charge in [0.2, 0.25) is 10.0 Å². The van der Waals surface area contributed by atoms with Gasteiger partial charge in [0.25, 0.3) is 0 Å². The van der Waals surface area contributed by atoms with Crippen molar-refractivity contribution in [3.8, 4) is 0 Å². The molecule has 118 valence electrons. The molecule has 0 aromatic carbocycles. The maximum absolute atomic E-state index is 12.0. The van der Waals surface area contributed by atoms with Crippen LogP contribution in [0.25, 0.3) is 0 Å². The molecule has 0 radical (unpaired) electrons. The average molecular weight is 307 g/mol. The van der Waals surface area contributed by atoms with Crippen molar-refractivity contribution in [3.63, 3.8) is 0 Å². The topological polar surface area (TPSA) is 114 Å². The van der Waals surface area contributed by atoms with Gasteiger partial charge in [-0.05, 0) is 25.7 Å². The van der Waals surface area contributed by atoms with Crippen molar-refractivity contribution in [3.05, 3.63) is 0 Å². The van der Waals surface area contributed by atoms with Gasteiger partial charge >= 0.3 is 0 Å². The minimum atomic E-state index is -3.50. The Morgan fingerprint density at radius 2 is 2.10 bits per heavy atom. The molecule has 8 heteroatoms. The zero-order chi connectivity index (χ0) is 15.0. The monoisotopic (exact) mass is 307 g/mol. The fourth-order valence-electron chi connectivity index (χ4n) is 2.49. The van der Waals surface area contributed by atoms with Crippen LogP contribution in [0.3, 0.4) is 0 Å². The molecule has 0 aliphatic heterocycles. The van der Waals surface area contributed by atoms with Gasteiger partial charge in [-0.2, -0.15) is 0 Å². The summed E-state index contributed by atoms with van der Waals surface area (Å²) >= 11 is 0. The number of sulfonamides is 1. The molecule has 7 nitrogen and oxygen atoms in total. The highest BCUT2D eigenvalue weighted by atomic mass is 32.2. The lowest BCUT2D eigenvalue weighted by Gasteiger charge is -2.29. The second kappa shape index (κ2) is 8.43. The molecular weight excluding hydrogens is 282 g/mol. The van der Waals surface area contributed by atoms with Crippen molar-refractivity contribution in [2.75, 3.05) is 19.0 Å². The van der Waals surface area contributed by atoms with Crippen LogP contribution >= 0.6 is 0 Å². The third-order valence-corrected chi connectivity index (χ3v) is 4.88. The molecule has 0 heterocycles. The highest BCUT2D eigenvalue weighted by molar-refractivity contribution is 7.89. The molecule has 4 N–H and O–H groups in total. The Morgan fingerprint density at radius 3 is 2.65 bits per heavy atom. The van der Waals surface area contributed by atoms with Gasteiger partial charge in [-0.25, -0.2) is 13.1 Å². The molecule has 0 saturated heterocycles. The first kappa shape index (κ1) is 17.2. The van der Waals surface area contributed by atoms with Crippen LogP contribution in [0.4, 0.5) is 0 Å². The van der Waals surface area contributed by atoms with Gasteiger partial charge < -0.3 is 15.7 Å². The number of nitrogens with two attached hydrogens (primary N) is 1. The molecule has 0 bridgehead atoms. The van der Waals surface area contributed by atoms with Crippen LogP contribution in [-0.2, 0) is 14.8 Å². The molecule has 1 aliphatic rings. The number of rotatable bonds is 8. The Morgan fingerprint density at radius 1 is 1.45 bits per heavy atom. The Balaban J connectivity index is 2.68. The second-order valence-corrected chi connectivity index (χ2v) is 6.91. The minimum Gasteiger partial charge on any atom is -0.409 e. The van der Waals surface area contributed by atoms with Crippen LogP contribution < -0.4 is 10.5 Å². The van der Waals surface area contributed by atoms with Crippen LogP contribution in [-0.4, -0.2) is 44.5 Å². The van der Waals surface area contributed by atoms with E-state index in [0.29, 0.717) is 6.61 Å². The Bertz CT molecular complexity index is 405. The summed E-state index contributed by atoms with van der Waals surface area (Å²) in [5.41, 5.74) is 5.65. The van der Waals surface area contributed by atoms with Crippen LogP contribution in [0.2, 0.25) is 0 Å². The molecule has 1 saturated carbocycles. The van der Waals surface area contributed by atoms with E-state index in [9.17, 15) is 8.42 Å². The molecule has 1 aliphatic carbocycles. The summed E-state index contributed by atoms with van der Waals surface area (Å²) in [4.78, 5) is 0. The summed E-state index contributed by atoms with van der Waals surface area (Å²) in [7, 11) is -3.50. The number of hydrogen-bond donors (Lipinski definition) is 3. The molecule has 0 aromatic rings. The number of nitrogens with one attached hydrogen (secondary N) is 1. The van der Waals surface area contributed by atoms with E-state index in [1.54, 1.807) is 6.92 Å². The molecule has 20 heavy (non-hydrogen) atoms. The Kier molecular flexibility index (Phi) is 7.25. The molecule has 1 fully saturated rings. The normalized spacial score (nSPS) is 19.9. The van der Waals surface area contributed by atoms with Crippen LogP contribution in [0.15, 0.2) is 5.16 Å². The van der Waals surface area contributed by atoms with Crippen LogP contribution in [0.1, 0.15) is 39.0 Å². The van der Waals surface area contributed by atoms with Crippen LogP contribution in [0.5, 0.6) is 0 Å². The second-order valence-electron chi connectivity index (χ2n) is 5.03. The summed E-state index contributed by atoms with van der Waals surface area (Å²) < 4.78 is 31.6. The predicted molar refractivity (Wildman–Crippen MR) is 77.2 cm³/mol. The van der Waals surface area contributed by atoms with Gasteiger partial charge in [0.15, 0.2) is 5.84 Å². The van der Waals surface area contributed by atoms with E-state index in [1.807, 2.05) is 0 Å². The smallest absolute Gasteiger partial charge is 0.214 e. The van der Waals surface area contributed by atoms with E-state index in [4.69, 9.17) is 15.7 Å². The highest BCUT2D eigenvalue weighted by Crippen LogP contribution is 2.27. The van der Waals surface area contributed by atoms with Crippen molar-refractivity contribution in [2.45, 2.75) is 45.1 Å². The number of amidine groups is 1. The summed E-state index contributed by atoms with van der Waals surface area (Å²) in [6, 6.07) is -0.632. The van der Waals surface area contributed by atoms with E-state index in [-0.39, 0.29) is 24.1 Å². The first-order valence-corrected chi connectivity index (χ1v) is 8.70. The van der Waals surface area contributed by atoms with Gasteiger partial charge in [-0.15, -0.1) is 0 Å². The molecule has 1 unspecified atom stereocenters. The van der Waals surface area contributed by atoms with Crippen LogP contribution in [0, 0.1) is 5.92 Å². The first-order chi connectivity index (χ1) is 9.50. The summed E-state index contributed by atoms with van der Waals surface area (Å²) in [5, 5.41) is 11.8. The maximum Gasteiger partial charge on any atom is 0.214 e. The minimum absolute atomic E-state index is 0.0723. The van der Waals surface area contributed by atoms with Crippen molar-refractivity contribution >= 4 is 15.9 Å². The Hall–Kier alpha value is -0.860. The third-order valence-electron chi connectivity index (χ3n) is 3.56. The number of hydrogen-bond acceptors (Lipinski definition) is 5. The lowest BCUT2D eigenvalue weighted by atomic mass is 9.84. The largest absolute Gasteiger partial charge is 0.409 e. The van der Waals surface area contributed by atoms with E-state index >= 15 is 0 Å². The van der Waals surface area contributed by atoms with E-state index in [2.05, 4.69) is 9.88 Å². The number of ether oxygens (including phenoxy) is 1. The van der Waals surface area contributed by atoms with E-state index in [1.165, 1.54) is 0 Å². The molecule has 0 amide bonds. The van der Waals surface area contributed by atoms with Gasteiger partial charge in [-0.1, -0.05) is 24.4 Å². The fraction of sp³-hybridized carbons (Fsp3) is 0.917. The SMILES string of the molecule is CCOCCS(=O)(=O)NC(C(N)=NO)C1CCCCC1. The number of nitrogens with zero attached hydrogens (tertiary/aromatic N) is 1. The van der Waals surface area contributed by atoms with Crippen molar-refractivity contribution in [1.82, 2.24) is 4.72 Å². The molecule has 0 spiro atoms. The van der Waals surface area contributed by atoms with Gasteiger partial charge in [-0.3, -0.25) is 0 Å². The molecule has 0 aromatic heterocycles. The molecule has 1 atom stereocenters. The zero-order valence-corrected chi connectivity index (χ0v) is 12.7. The fourth-order valence-corrected chi connectivity index (χ4v) is 3.65. The Labute approximate surface area is 120 Å². The standard InChI is InChI=1S/C12H25N3O4S/c1-2-19-8-9-20(17,18)15-11(12(13)14-16)10-6-4-3-5-7-10/h10-11,15-16H,2-9H2,1H3,(H2,13,14). The summed E-state index contributed by atoms with van der Waals surface area (Å²) in [6.45, 7) is 2.42. The van der Waals surface area contributed by atoms with Gasteiger partial charge in [0.05, 0.1) is 18.4 Å².